The van der Waals surface area contributed by atoms with Crippen molar-refractivity contribution in [3.8, 4) is 0 Å². The van der Waals surface area contributed by atoms with E-state index in [4.69, 9.17) is 0 Å². The standard InChI is InChI=1S/C20H35N3O2S/c1-3-16(2)19(24)22-10-8-21(9-11-22)18(17-6-4-5-7-17)20(25)23-12-14-26-15-13-23/h16-18H,3-15H2,1-2H3. The summed E-state index contributed by atoms with van der Waals surface area (Å²) < 4.78 is 0. The van der Waals surface area contributed by atoms with Gasteiger partial charge in [0.05, 0.1) is 6.04 Å². The molecule has 26 heavy (non-hydrogen) atoms. The molecule has 2 aliphatic heterocycles. The Morgan fingerprint density at radius 2 is 1.50 bits per heavy atom. The van der Waals surface area contributed by atoms with Gasteiger partial charge in [0, 0.05) is 56.7 Å². The molecule has 2 atom stereocenters. The summed E-state index contributed by atoms with van der Waals surface area (Å²) in [6, 6.07) is 0.0430. The lowest BCUT2D eigenvalue weighted by molar-refractivity contribution is -0.142. The summed E-state index contributed by atoms with van der Waals surface area (Å²) in [6.07, 6.45) is 5.79. The van der Waals surface area contributed by atoms with Gasteiger partial charge in [0.2, 0.25) is 11.8 Å². The van der Waals surface area contributed by atoms with Crippen molar-refractivity contribution >= 4 is 23.6 Å². The Hall–Kier alpha value is -0.750. The second kappa shape index (κ2) is 9.45. The van der Waals surface area contributed by atoms with Crippen LogP contribution in [-0.2, 0) is 9.59 Å². The summed E-state index contributed by atoms with van der Waals surface area (Å²) in [7, 11) is 0. The molecule has 2 heterocycles. The molecule has 0 spiro atoms. The molecule has 3 aliphatic rings. The maximum absolute atomic E-state index is 13.3. The first-order chi connectivity index (χ1) is 12.6. The monoisotopic (exact) mass is 381 g/mol. The van der Waals surface area contributed by atoms with Crippen molar-refractivity contribution in [3.63, 3.8) is 0 Å². The summed E-state index contributed by atoms with van der Waals surface area (Å²) in [4.78, 5) is 32.3. The van der Waals surface area contributed by atoms with Gasteiger partial charge in [0.15, 0.2) is 0 Å². The van der Waals surface area contributed by atoms with E-state index in [0.717, 1.165) is 57.2 Å². The lowest BCUT2D eigenvalue weighted by Gasteiger charge is -2.43. The number of carbonyl (C=O) groups excluding carboxylic acids is 2. The van der Waals surface area contributed by atoms with E-state index < -0.39 is 0 Å². The Morgan fingerprint density at radius 1 is 0.923 bits per heavy atom. The van der Waals surface area contributed by atoms with Crippen LogP contribution in [0.4, 0.5) is 0 Å². The second-order valence-corrected chi connectivity index (χ2v) is 9.32. The SMILES string of the molecule is CCC(C)C(=O)N1CCN(C(C(=O)N2CCSCC2)C2CCCC2)CC1. The molecule has 148 valence electrons. The van der Waals surface area contributed by atoms with Gasteiger partial charge in [-0.25, -0.2) is 0 Å². The molecule has 1 aliphatic carbocycles. The van der Waals surface area contributed by atoms with Gasteiger partial charge in [-0.3, -0.25) is 14.5 Å². The summed E-state index contributed by atoms with van der Waals surface area (Å²) >= 11 is 1.95. The van der Waals surface area contributed by atoms with E-state index in [9.17, 15) is 9.59 Å². The van der Waals surface area contributed by atoms with Gasteiger partial charge in [0.1, 0.15) is 0 Å². The number of amides is 2. The van der Waals surface area contributed by atoms with Gasteiger partial charge in [-0.05, 0) is 25.2 Å². The lowest BCUT2D eigenvalue weighted by Crippen LogP contribution is -2.59. The highest BCUT2D eigenvalue weighted by molar-refractivity contribution is 7.99. The Morgan fingerprint density at radius 3 is 2.08 bits per heavy atom. The van der Waals surface area contributed by atoms with Crippen molar-refractivity contribution in [1.82, 2.24) is 14.7 Å². The first-order valence-electron chi connectivity index (χ1n) is 10.5. The van der Waals surface area contributed by atoms with E-state index in [1.54, 1.807) is 0 Å². The van der Waals surface area contributed by atoms with Crippen molar-refractivity contribution < 1.29 is 9.59 Å². The maximum atomic E-state index is 13.3. The van der Waals surface area contributed by atoms with Crippen LogP contribution in [-0.4, -0.2) is 83.3 Å². The van der Waals surface area contributed by atoms with Gasteiger partial charge in [-0.15, -0.1) is 0 Å². The Bertz CT molecular complexity index is 481. The van der Waals surface area contributed by atoms with Crippen LogP contribution < -0.4 is 0 Å². The first kappa shape index (κ1) is 20.0. The molecule has 5 nitrogen and oxygen atoms in total. The quantitative estimate of drug-likeness (QED) is 0.733. The van der Waals surface area contributed by atoms with Crippen LogP contribution in [0.2, 0.25) is 0 Å². The van der Waals surface area contributed by atoms with Crippen molar-refractivity contribution in [3.05, 3.63) is 0 Å². The fourth-order valence-electron chi connectivity index (χ4n) is 4.61. The zero-order chi connectivity index (χ0) is 18.5. The van der Waals surface area contributed by atoms with E-state index in [2.05, 4.69) is 16.7 Å². The highest BCUT2D eigenvalue weighted by Crippen LogP contribution is 2.32. The summed E-state index contributed by atoms with van der Waals surface area (Å²) in [6.45, 7) is 9.14. The minimum atomic E-state index is 0.0430. The molecule has 3 fully saturated rings. The first-order valence-corrected chi connectivity index (χ1v) is 11.7. The van der Waals surface area contributed by atoms with Gasteiger partial charge in [-0.2, -0.15) is 11.8 Å². The van der Waals surface area contributed by atoms with Crippen molar-refractivity contribution in [2.75, 3.05) is 50.8 Å². The van der Waals surface area contributed by atoms with Crippen LogP contribution in [0.5, 0.6) is 0 Å². The predicted octanol–water partition coefficient (Wildman–Crippen LogP) is 2.31. The molecule has 2 amide bonds. The molecule has 2 unspecified atom stereocenters. The molecule has 0 aromatic rings. The third kappa shape index (κ3) is 4.56. The fourth-order valence-corrected chi connectivity index (χ4v) is 5.51. The minimum absolute atomic E-state index is 0.0430. The largest absolute Gasteiger partial charge is 0.340 e. The summed E-state index contributed by atoms with van der Waals surface area (Å²) in [5, 5.41) is 0. The molecule has 0 bridgehead atoms. The lowest BCUT2D eigenvalue weighted by atomic mass is 9.94. The molecule has 0 N–H and O–H groups in total. The van der Waals surface area contributed by atoms with E-state index in [1.807, 2.05) is 23.6 Å². The molecule has 3 rings (SSSR count). The molecule has 0 aromatic heterocycles. The molecule has 1 saturated carbocycles. The van der Waals surface area contributed by atoms with E-state index in [-0.39, 0.29) is 17.9 Å². The average Bonchev–Trinajstić information content (AvgIpc) is 3.22. The molecule has 0 radical (unpaired) electrons. The smallest absolute Gasteiger partial charge is 0.240 e. The Balaban J connectivity index is 1.64. The number of hydrogen-bond acceptors (Lipinski definition) is 4. The van der Waals surface area contributed by atoms with Gasteiger partial charge >= 0.3 is 0 Å². The number of carbonyl (C=O) groups is 2. The minimum Gasteiger partial charge on any atom is -0.340 e. The number of hydrogen-bond donors (Lipinski definition) is 0. The zero-order valence-corrected chi connectivity index (χ0v) is 17.3. The van der Waals surface area contributed by atoms with Crippen LogP contribution in [0.3, 0.4) is 0 Å². The van der Waals surface area contributed by atoms with Gasteiger partial charge < -0.3 is 9.80 Å². The maximum Gasteiger partial charge on any atom is 0.240 e. The third-order valence-electron chi connectivity index (χ3n) is 6.48. The highest BCUT2D eigenvalue weighted by Gasteiger charge is 2.39. The molecule has 0 aromatic carbocycles. The Kier molecular flexibility index (Phi) is 7.27. The molecular formula is C20H35N3O2S. The Labute approximate surface area is 162 Å². The van der Waals surface area contributed by atoms with Gasteiger partial charge in [0.25, 0.3) is 0 Å². The number of rotatable bonds is 5. The van der Waals surface area contributed by atoms with Crippen molar-refractivity contribution in [2.24, 2.45) is 11.8 Å². The second-order valence-electron chi connectivity index (χ2n) is 8.10. The van der Waals surface area contributed by atoms with E-state index >= 15 is 0 Å². The molecule has 6 heteroatoms. The normalized spacial score (nSPS) is 25.3. The highest BCUT2D eigenvalue weighted by atomic mass is 32.2. The third-order valence-corrected chi connectivity index (χ3v) is 7.42. The zero-order valence-electron chi connectivity index (χ0n) is 16.5. The van der Waals surface area contributed by atoms with Gasteiger partial charge in [-0.1, -0.05) is 26.7 Å². The van der Waals surface area contributed by atoms with Crippen LogP contribution in [0.1, 0.15) is 46.0 Å². The topological polar surface area (TPSA) is 43.9 Å². The van der Waals surface area contributed by atoms with Crippen LogP contribution in [0, 0.1) is 11.8 Å². The number of nitrogens with zero attached hydrogens (tertiary/aromatic N) is 3. The molecular weight excluding hydrogens is 346 g/mol. The van der Waals surface area contributed by atoms with E-state index in [0.29, 0.717) is 11.8 Å². The van der Waals surface area contributed by atoms with Crippen LogP contribution in [0.25, 0.3) is 0 Å². The number of thioether (sulfide) groups is 1. The molecule has 2 saturated heterocycles. The van der Waals surface area contributed by atoms with Crippen molar-refractivity contribution in [2.45, 2.75) is 52.0 Å². The fraction of sp³-hybridized carbons (Fsp3) is 0.900. The summed E-state index contributed by atoms with van der Waals surface area (Å²) in [5.41, 5.74) is 0. The van der Waals surface area contributed by atoms with E-state index in [1.165, 1.54) is 25.7 Å². The summed E-state index contributed by atoms with van der Waals surface area (Å²) in [5.74, 6) is 3.40. The van der Waals surface area contributed by atoms with Crippen LogP contribution in [0.15, 0.2) is 0 Å². The van der Waals surface area contributed by atoms with Crippen molar-refractivity contribution in [1.29, 1.82) is 0 Å². The van der Waals surface area contributed by atoms with Crippen LogP contribution >= 0.6 is 11.8 Å². The number of piperazine rings is 1. The predicted molar refractivity (Wildman–Crippen MR) is 107 cm³/mol. The average molecular weight is 382 g/mol.